The van der Waals surface area contributed by atoms with Gasteiger partial charge >= 0.3 is 18.0 Å². The Kier molecular flexibility index (Phi) is 9.90. The van der Waals surface area contributed by atoms with Crippen molar-refractivity contribution in [2.45, 2.75) is 50.0 Å². The molecule has 1 aliphatic rings. The molecule has 0 aromatic carbocycles. The van der Waals surface area contributed by atoms with Crippen LogP contribution in [0.1, 0.15) is 31.2 Å². The molecule has 2 amide bonds. The molecule has 0 aliphatic heterocycles. The molecule has 0 radical (unpaired) electrons. The van der Waals surface area contributed by atoms with Gasteiger partial charge in [0, 0.05) is 61.2 Å². The Balaban J connectivity index is 1.32. The van der Waals surface area contributed by atoms with Gasteiger partial charge in [0.2, 0.25) is 5.95 Å². The minimum atomic E-state index is -3.22. The monoisotopic (exact) mass is 656 g/mol. The number of aromatic nitrogens is 7. The Labute approximate surface area is 267 Å². The van der Waals surface area contributed by atoms with Crippen LogP contribution in [0.5, 0.6) is 6.01 Å². The molecule has 0 unspecified atom stereocenters. The molecule has 46 heavy (non-hydrogen) atoms. The summed E-state index contributed by atoms with van der Waals surface area (Å²) in [5.74, 6) is -2.70. The Hall–Kier alpha value is -4.52. The fraction of sp³-hybridized carbons (Fsp3) is 0.393. The minimum Gasteiger partial charge on any atom is -0.467 e. The molecule has 17 nitrogen and oxygen atoms in total. The molecule has 1 aliphatic carbocycles. The maximum atomic E-state index is 13.3. The van der Waals surface area contributed by atoms with E-state index in [0.717, 1.165) is 11.8 Å². The van der Waals surface area contributed by atoms with Gasteiger partial charge in [-0.2, -0.15) is 5.10 Å². The molecule has 0 saturated heterocycles. The van der Waals surface area contributed by atoms with E-state index in [9.17, 15) is 30.3 Å². The number of hydrogen-bond acceptors (Lipinski definition) is 14. The molecule has 0 bridgehead atoms. The number of amides is 2. The normalized spacial score (nSPS) is 16.7. The number of rotatable bonds is 10. The topological polar surface area (TPSA) is 237 Å². The summed E-state index contributed by atoms with van der Waals surface area (Å²) in [6.07, 6.45) is 7.94. The van der Waals surface area contributed by atoms with Gasteiger partial charge in [-0.3, -0.25) is 9.58 Å². The zero-order valence-corrected chi connectivity index (χ0v) is 25.6. The van der Waals surface area contributed by atoms with Crippen molar-refractivity contribution in [2.24, 2.45) is 7.05 Å². The second-order valence-electron chi connectivity index (χ2n) is 10.6. The SMILES string of the molecule is COc1ncc(-c2ccc(N(C(=O)NCC(O)O)C3CCC(Nc4ncc(C(O)(O)O)c(-c5nn(C)cc5Cl)n4)CC3)nc2)cn1. The molecule has 4 aromatic rings. The van der Waals surface area contributed by atoms with Crippen LogP contribution in [0.15, 0.2) is 43.1 Å². The lowest BCUT2D eigenvalue weighted by Crippen LogP contribution is -2.50. The van der Waals surface area contributed by atoms with E-state index in [1.165, 1.54) is 22.9 Å². The predicted molar refractivity (Wildman–Crippen MR) is 163 cm³/mol. The second-order valence-corrected chi connectivity index (χ2v) is 11.0. The number of nitrogens with zero attached hydrogens (tertiary/aromatic N) is 8. The summed E-state index contributed by atoms with van der Waals surface area (Å²) >= 11 is 6.27. The van der Waals surface area contributed by atoms with Crippen LogP contribution < -0.4 is 20.3 Å². The number of methoxy groups -OCH3 is 1. The second kappa shape index (κ2) is 13.9. The van der Waals surface area contributed by atoms with Crippen molar-refractivity contribution in [1.29, 1.82) is 0 Å². The van der Waals surface area contributed by atoms with Crippen molar-refractivity contribution in [1.82, 2.24) is 40.0 Å². The number of aliphatic hydroxyl groups is 5. The van der Waals surface area contributed by atoms with Gasteiger partial charge in [0.15, 0.2) is 6.29 Å². The minimum absolute atomic E-state index is 0.0612. The Morgan fingerprint density at radius 3 is 2.30 bits per heavy atom. The number of nitrogens with one attached hydrogen (secondary N) is 2. The zero-order valence-electron chi connectivity index (χ0n) is 24.8. The molecule has 4 heterocycles. The number of hydrogen-bond donors (Lipinski definition) is 7. The molecule has 244 valence electrons. The molecule has 0 atom stereocenters. The van der Waals surface area contributed by atoms with E-state index >= 15 is 0 Å². The van der Waals surface area contributed by atoms with Crippen molar-refractivity contribution in [3.63, 3.8) is 0 Å². The van der Waals surface area contributed by atoms with Crippen molar-refractivity contribution < 1.29 is 35.1 Å². The summed E-state index contributed by atoms with van der Waals surface area (Å²) < 4.78 is 6.43. The van der Waals surface area contributed by atoms with Crippen LogP contribution in [0.2, 0.25) is 5.02 Å². The van der Waals surface area contributed by atoms with Crippen molar-refractivity contribution in [2.75, 3.05) is 23.9 Å². The quantitative estimate of drug-likeness (QED) is 0.117. The van der Waals surface area contributed by atoms with Crippen molar-refractivity contribution >= 4 is 29.4 Å². The average Bonchev–Trinajstić information content (AvgIpc) is 3.38. The first kappa shape index (κ1) is 32.9. The predicted octanol–water partition coefficient (Wildman–Crippen LogP) is 0.728. The van der Waals surface area contributed by atoms with E-state index in [2.05, 4.69) is 40.7 Å². The van der Waals surface area contributed by atoms with Crippen LogP contribution in [0.25, 0.3) is 22.5 Å². The van der Waals surface area contributed by atoms with E-state index in [1.807, 2.05) is 0 Å². The molecule has 7 N–H and O–H groups in total. The molecule has 18 heteroatoms. The lowest BCUT2D eigenvalue weighted by atomic mass is 9.90. The van der Waals surface area contributed by atoms with E-state index in [-0.39, 0.29) is 47.0 Å². The molecular weight excluding hydrogens is 624 g/mol. The van der Waals surface area contributed by atoms with E-state index < -0.39 is 23.9 Å². The summed E-state index contributed by atoms with van der Waals surface area (Å²) in [5.41, 5.74) is 1.10. The molecule has 1 fully saturated rings. The Bertz CT molecular complexity index is 1640. The number of ether oxygens (including phenoxy) is 1. The summed E-state index contributed by atoms with van der Waals surface area (Å²) in [7, 11) is 3.11. The zero-order chi connectivity index (χ0) is 33.0. The van der Waals surface area contributed by atoms with Gasteiger partial charge in [-0.25, -0.2) is 29.7 Å². The number of halogens is 1. The van der Waals surface area contributed by atoms with Crippen LogP contribution in [0.3, 0.4) is 0 Å². The van der Waals surface area contributed by atoms with Crippen LogP contribution >= 0.6 is 11.6 Å². The number of aliphatic hydroxyl groups excluding tert-OH is 1. The first-order chi connectivity index (χ1) is 21.9. The summed E-state index contributed by atoms with van der Waals surface area (Å²) in [5, 5.41) is 58.4. The van der Waals surface area contributed by atoms with Gasteiger partial charge in [0.1, 0.15) is 17.2 Å². The summed E-state index contributed by atoms with van der Waals surface area (Å²) in [4.78, 5) is 36.0. The van der Waals surface area contributed by atoms with Gasteiger partial charge < -0.3 is 40.9 Å². The largest absolute Gasteiger partial charge is 0.467 e. The number of aryl methyl sites for hydroxylation is 1. The number of anilines is 2. The highest BCUT2D eigenvalue weighted by Crippen LogP contribution is 2.33. The van der Waals surface area contributed by atoms with E-state index in [0.29, 0.717) is 37.1 Å². The number of pyridine rings is 1. The fourth-order valence-corrected chi connectivity index (χ4v) is 5.42. The van der Waals surface area contributed by atoms with Crippen LogP contribution in [-0.4, -0.2) is 98.3 Å². The number of carbonyl (C=O) groups is 1. The van der Waals surface area contributed by atoms with Gasteiger partial charge in [0.25, 0.3) is 0 Å². The summed E-state index contributed by atoms with van der Waals surface area (Å²) in [6.45, 7) is -0.361. The fourth-order valence-electron chi connectivity index (χ4n) is 5.15. The third kappa shape index (κ3) is 7.64. The molecule has 1 saturated carbocycles. The maximum Gasteiger partial charge on any atom is 0.323 e. The number of urea groups is 1. The molecular formula is C28H33ClN10O7. The lowest BCUT2D eigenvalue weighted by Gasteiger charge is -2.36. The molecule has 5 rings (SSSR count). The Morgan fingerprint density at radius 1 is 1.04 bits per heavy atom. The third-order valence-electron chi connectivity index (χ3n) is 7.35. The highest BCUT2D eigenvalue weighted by atomic mass is 35.5. The van der Waals surface area contributed by atoms with Gasteiger partial charge in [-0.15, -0.1) is 0 Å². The van der Waals surface area contributed by atoms with Crippen LogP contribution in [0.4, 0.5) is 16.6 Å². The van der Waals surface area contributed by atoms with Gasteiger partial charge in [-0.1, -0.05) is 11.6 Å². The lowest BCUT2D eigenvalue weighted by molar-refractivity contribution is -0.323. The average molecular weight is 657 g/mol. The van der Waals surface area contributed by atoms with Crippen molar-refractivity contribution in [3.8, 4) is 28.5 Å². The summed E-state index contributed by atoms with van der Waals surface area (Å²) in [6, 6.07) is 2.79. The standard InChI is InChI=1S/C28H33ClN10O7/c1-38-14-20(29)24(37-38)23-19(28(43,44)45)12-31-25(36-23)35-17-4-6-18(7-5-17)39(27(42)34-13-22(40)41)21-8-3-15(9-30-21)16-10-32-26(46-2)33-11-16/h3,8-12,14,17-18,22,40-41,43-45H,4-7,13H2,1-2H3,(H,34,42)(H,31,35,36). The van der Waals surface area contributed by atoms with Crippen LogP contribution in [-0.2, 0) is 13.0 Å². The molecule has 0 spiro atoms. The maximum absolute atomic E-state index is 13.3. The third-order valence-corrected chi connectivity index (χ3v) is 7.62. The first-order valence-corrected chi connectivity index (χ1v) is 14.6. The van der Waals surface area contributed by atoms with Crippen molar-refractivity contribution in [3.05, 3.63) is 53.7 Å². The highest BCUT2D eigenvalue weighted by Gasteiger charge is 2.33. The van der Waals surface area contributed by atoms with Gasteiger partial charge in [0.05, 0.1) is 24.2 Å². The smallest absolute Gasteiger partial charge is 0.323 e. The van der Waals surface area contributed by atoms with Gasteiger partial charge in [-0.05, 0) is 37.8 Å². The number of carbonyl (C=O) groups excluding carboxylic acids is 1. The first-order valence-electron chi connectivity index (χ1n) is 14.2. The van der Waals surface area contributed by atoms with E-state index in [4.69, 9.17) is 16.3 Å². The molecule has 4 aromatic heterocycles. The van der Waals surface area contributed by atoms with E-state index in [1.54, 1.807) is 37.8 Å². The highest BCUT2D eigenvalue weighted by molar-refractivity contribution is 6.32. The van der Waals surface area contributed by atoms with Crippen LogP contribution in [0, 0.1) is 0 Å². The Morgan fingerprint density at radius 2 is 1.74 bits per heavy atom.